The van der Waals surface area contributed by atoms with Crippen LogP contribution in [0.2, 0.25) is 0 Å². The van der Waals surface area contributed by atoms with Crippen molar-refractivity contribution in [1.29, 1.82) is 0 Å². The van der Waals surface area contributed by atoms with Crippen LogP contribution in [0.25, 0.3) is 0 Å². The lowest BCUT2D eigenvalue weighted by Crippen LogP contribution is -2.50. The Morgan fingerprint density at radius 1 is 1.17 bits per heavy atom. The van der Waals surface area contributed by atoms with Crippen LogP contribution >= 0.6 is 0 Å². The van der Waals surface area contributed by atoms with Crippen molar-refractivity contribution in [2.24, 2.45) is 46.3 Å². The standard InChI is InChI=1S/C29H46O/c1-7-21(19(2)3)9-8-20(4)25-12-13-26-24-11-10-22-18-23(30)14-16-28(22,5)27(24)15-17-29(25,26)6/h10,20-21,24-27H,2,7-9,11-18H2,1,3-6H3/t20-,21+,24+,25-,26+,27+,28+,29-/m1/s1. The fourth-order valence-corrected chi connectivity index (χ4v) is 8.92. The minimum atomic E-state index is 0.317. The van der Waals surface area contributed by atoms with Crippen LogP contribution in [0.4, 0.5) is 0 Å². The third-order valence-corrected chi connectivity index (χ3v) is 10.9. The molecule has 0 spiro atoms. The zero-order valence-electron chi connectivity index (χ0n) is 20.4. The van der Waals surface area contributed by atoms with Gasteiger partial charge in [-0.05, 0) is 111 Å². The Labute approximate surface area is 186 Å². The first kappa shape index (κ1) is 22.3. The molecule has 3 fully saturated rings. The topological polar surface area (TPSA) is 17.1 Å². The monoisotopic (exact) mass is 410 g/mol. The van der Waals surface area contributed by atoms with Gasteiger partial charge >= 0.3 is 0 Å². The van der Waals surface area contributed by atoms with Gasteiger partial charge < -0.3 is 0 Å². The van der Waals surface area contributed by atoms with Gasteiger partial charge in [-0.2, -0.15) is 0 Å². The van der Waals surface area contributed by atoms with E-state index in [1.165, 1.54) is 62.5 Å². The van der Waals surface area contributed by atoms with E-state index in [9.17, 15) is 4.79 Å². The molecule has 3 saturated carbocycles. The highest BCUT2D eigenvalue weighted by atomic mass is 16.1. The molecule has 1 heteroatoms. The van der Waals surface area contributed by atoms with Gasteiger partial charge in [0, 0.05) is 12.8 Å². The van der Waals surface area contributed by atoms with E-state index >= 15 is 0 Å². The molecule has 0 heterocycles. The molecule has 0 amide bonds. The van der Waals surface area contributed by atoms with Crippen LogP contribution in [0.3, 0.4) is 0 Å². The van der Waals surface area contributed by atoms with Crippen molar-refractivity contribution >= 4 is 5.78 Å². The number of allylic oxidation sites excluding steroid dienone is 3. The van der Waals surface area contributed by atoms with Gasteiger partial charge in [0.25, 0.3) is 0 Å². The number of Topliss-reactive ketones (excluding diaryl/α,β-unsaturated/α-hetero) is 1. The van der Waals surface area contributed by atoms with Crippen molar-refractivity contribution in [2.45, 2.75) is 105 Å². The maximum absolute atomic E-state index is 12.1. The Bertz CT molecular complexity index is 716. The van der Waals surface area contributed by atoms with Crippen molar-refractivity contribution in [2.75, 3.05) is 0 Å². The van der Waals surface area contributed by atoms with Crippen LogP contribution in [0.5, 0.6) is 0 Å². The second-order valence-electron chi connectivity index (χ2n) is 12.2. The van der Waals surface area contributed by atoms with Gasteiger partial charge in [0.05, 0.1) is 0 Å². The van der Waals surface area contributed by atoms with E-state index in [2.05, 4.69) is 47.3 Å². The van der Waals surface area contributed by atoms with Gasteiger partial charge in [-0.1, -0.05) is 51.5 Å². The molecular weight excluding hydrogens is 364 g/mol. The SMILES string of the molecule is C=C(C)[C@@H](CC)CC[C@@H](C)[C@H]1CC[C@H]2[C@@H]3CC=C4CC(=O)CC[C@]4(C)[C@H]3CC[C@]12C. The van der Waals surface area contributed by atoms with E-state index in [4.69, 9.17) is 0 Å². The molecule has 4 aliphatic carbocycles. The molecule has 0 aromatic heterocycles. The van der Waals surface area contributed by atoms with Crippen LogP contribution in [0, 0.1) is 46.3 Å². The quantitative estimate of drug-likeness (QED) is 0.404. The van der Waals surface area contributed by atoms with Crippen LogP contribution in [-0.4, -0.2) is 5.78 Å². The van der Waals surface area contributed by atoms with Gasteiger partial charge in [-0.15, -0.1) is 0 Å². The Balaban J connectivity index is 1.49. The van der Waals surface area contributed by atoms with Crippen LogP contribution in [-0.2, 0) is 4.79 Å². The first-order valence-electron chi connectivity index (χ1n) is 13.1. The Hall–Kier alpha value is -0.850. The van der Waals surface area contributed by atoms with Crippen molar-refractivity contribution in [3.63, 3.8) is 0 Å². The highest BCUT2D eigenvalue weighted by molar-refractivity contribution is 5.82. The first-order chi connectivity index (χ1) is 14.2. The van der Waals surface area contributed by atoms with Gasteiger partial charge in [0.15, 0.2) is 0 Å². The largest absolute Gasteiger partial charge is 0.299 e. The Morgan fingerprint density at radius 2 is 1.93 bits per heavy atom. The summed E-state index contributed by atoms with van der Waals surface area (Å²) in [6, 6.07) is 0. The fourth-order valence-electron chi connectivity index (χ4n) is 8.92. The van der Waals surface area contributed by atoms with E-state index in [-0.39, 0.29) is 0 Å². The molecule has 0 radical (unpaired) electrons. The van der Waals surface area contributed by atoms with E-state index < -0.39 is 0 Å². The van der Waals surface area contributed by atoms with Gasteiger partial charge in [-0.3, -0.25) is 4.79 Å². The number of ketones is 1. The minimum absolute atomic E-state index is 0.317. The Morgan fingerprint density at radius 3 is 2.63 bits per heavy atom. The van der Waals surface area contributed by atoms with E-state index in [1.807, 2.05) is 0 Å². The fraction of sp³-hybridized carbons (Fsp3) is 0.828. The second-order valence-corrected chi connectivity index (χ2v) is 12.2. The highest BCUT2D eigenvalue weighted by Gasteiger charge is 2.59. The number of carbonyl (C=O) groups is 1. The molecule has 0 bridgehead atoms. The zero-order valence-corrected chi connectivity index (χ0v) is 20.4. The van der Waals surface area contributed by atoms with E-state index in [0.717, 1.165) is 48.9 Å². The van der Waals surface area contributed by atoms with Crippen molar-refractivity contribution in [3.8, 4) is 0 Å². The van der Waals surface area contributed by atoms with Crippen molar-refractivity contribution in [1.82, 2.24) is 0 Å². The molecule has 4 aliphatic rings. The molecular formula is C29H46O. The molecule has 1 nitrogen and oxygen atoms in total. The van der Waals surface area contributed by atoms with E-state index in [1.54, 1.807) is 0 Å². The molecule has 8 atom stereocenters. The average molecular weight is 411 g/mol. The third kappa shape index (κ3) is 3.57. The maximum atomic E-state index is 12.1. The molecule has 4 rings (SSSR count). The Kier molecular flexibility index (Phi) is 6.15. The molecule has 30 heavy (non-hydrogen) atoms. The predicted molar refractivity (Wildman–Crippen MR) is 127 cm³/mol. The molecule has 0 saturated heterocycles. The summed E-state index contributed by atoms with van der Waals surface area (Å²) in [6.45, 7) is 16.5. The lowest BCUT2D eigenvalue weighted by atomic mass is 9.47. The van der Waals surface area contributed by atoms with E-state index in [0.29, 0.717) is 22.5 Å². The highest BCUT2D eigenvalue weighted by Crippen LogP contribution is 2.67. The third-order valence-electron chi connectivity index (χ3n) is 10.9. The molecule has 0 aromatic rings. The number of hydrogen-bond acceptors (Lipinski definition) is 1. The number of fused-ring (bicyclic) bond motifs is 5. The smallest absolute Gasteiger partial charge is 0.136 e. The molecule has 0 aromatic carbocycles. The first-order valence-corrected chi connectivity index (χ1v) is 13.1. The summed E-state index contributed by atoms with van der Waals surface area (Å²) < 4.78 is 0. The predicted octanol–water partition coefficient (Wildman–Crippen LogP) is 8.15. The summed E-state index contributed by atoms with van der Waals surface area (Å²) in [7, 11) is 0. The van der Waals surface area contributed by atoms with Gasteiger partial charge in [0.2, 0.25) is 0 Å². The second kappa shape index (κ2) is 8.25. The number of hydrogen-bond donors (Lipinski definition) is 0. The van der Waals surface area contributed by atoms with Crippen LogP contribution in [0.15, 0.2) is 23.8 Å². The summed E-state index contributed by atoms with van der Waals surface area (Å²) in [6.07, 6.45) is 16.1. The molecule has 168 valence electrons. The maximum Gasteiger partial charge on any atom is 0.136 e. The summed E-state index contributed by atoms with van der Waals surface area (Å²) >= 11 is 0. The van der Waals surface area contributed by atoms with Crippen LogP contribution < -0.4 is 0 Å². The zero-order chi connectivity index (χ0) is 21.7. The summed E-state index contributed by atoms with van der Waals surface area (Å²) in [5.41, 5.74) is 3.75. The molecule has 0 aliphatic heterocycles. The molecule has 0 unspecified atom stereocenters. The van der Waals surface area contributed by atoms with Gasteiger partial charge in [-0.25, -0.2) is 0 Å². The number of carbonyl (C=O) groups excluding carboxylic acids is 1. The molecule has 0 N–H and O–H groups in total. The summed E-state index contributed by atoms with van der Waals surface area (Å²) in [4.78, 5) is 12.1. The van der Waals surface area contributed by atoms with Gasteiger partial charge in [0.1, 0.15) is 5.78 Å². The summed E-state index contributed by atoms with van der Waals surface area (Å²) in [5.74, 6) is 5.52. The lowest BCUT2D eigenvalue weighted by molar-refractivity contribution is -0.122. The van der Waals surface area contributed by atoms with Crippen LogP contribution in [0.1, 0.15) is 105 Å². The summed E-state index contributed by atoms with van der Waals surface area (Å²) in [5, 5.41) is 0. The normalized spacial score (nSPS) is 42.6. The number of rotatable bonds is 6. The lowest BCUT2D eigenvalue weighted by Gasteiger charge is -2.58. The average Bonchev–Trinajstić information content (AvgIpc) is 3.06. The van der Waals surface area contributed by atoms with Crippen molar-refractivity contribution < 1.29 is 4.79 Å². The van der Waals surface area contributed by atoms with Crippen molar-refractivity contribution in [3.05, 3.63) is 23.8 Å². The minimum Gasteiger partial charge on any atom is -0.299 e.